The van der Waals surface area contributed by atoms with Gasteiger partial charge in [-0.15, -0.1) is 0 Å². The number of aryl methyl sites for hydroxylation is 1. The number of para-hydroxylation sites is 1. The van der Waals surface area contributed by atoms with E-state index in [0.717, 1.165) is 5.56 Å². The number of carboxylic acid groups (broad SMARTS) is 1. The normalized spacial score (nSPS) is 15.3. The fourth-order valence-corrected chi connectivity index (χ4v) is 4.72. The number of hydrogen-bond acceptors (Lipinski definition) is 6. The molecular formula is C20H33N2O7P. The number of nitrogens with two attached hydrogens (primary N) is 1. The summed E-state index contributed by atoms with van der Waals surface area (Å²) < 4.78 is 23.2. The number of rotatable bonds is 14. The van der Waals surface area contributed by atoms with Gasteiger partial charge in [0, 0.05) is 6.42 Å². The summed E-state index contributed by atoms with van der Waals surface area (Å²) in [6, 6.07) is 7.28. The van der Waals surface area contributed by atoms with E-state index in [-0.39, 0.29) is 12.8 Å². The zero-order valence-electron chi connectivity index (χ0n) is 17.7. The zero-order valence-corrected chi connectivity index (χ0v) is 18.6. The van der Waals surface area contributed by atoms with Gasteiger partial charge in [-0.05, 0) is 49.8 Å². The molecule has 9 nitrogen and oxygen atoms in total. The Morgan fingerprint density at radius 2 is 1.90 bits per heavy atom. The molecule has 30 heavy (non-hydrogen) atoms. The van der Waals surface area contributed by atoms with Gasteiger partial charge in [-0.2, -0.15) is 0 Å². The molecular weight excluding hydrogens is 411 g/mol. The van der Waals surface area contributed by atoms with E-state index in [1.165, 1.54) is 0 Å². The minimum Gasteiger partial charge on any atom is -0.496 e. The summed E-state index contributed by atoms with van der Waals surface area (Å²) in [6.07, 6.45) is 0.0978. The lowest BCUT2D eigenvalue weighted by atomic mass is 10.1. The molecule has 1 amide bonds. The number of aliphatic carboxylic acids is 1. The molecule has 10 heteroatoms. The molecule has 0 spiro atoms. The molecule has 0 bridgehead atoms. The molecule has 0 saturated carbocycles. The topological polar surface area (TPSA) is 148 Å². The van der Waals surface area contributed by atoms with Crippen molar-refractivity contribution in [2.24, 2.45) is 11.7 Å². The van der Waals surface area contributed by atoms with Crippen LogP contribution in [0.1, 0.15) is 45.1 Å². The molecule has 170 valence electrons. The quantitative estimate of drug-likeness (QED) is 0.253. The van der Waals surface area contributed by atoms with E-state index in [4.69, 9.17) is 15.0 Å². The second kappa shape index (κ2) is 12.7. The third kappa shape index (κ3) is 8.44. The van der Waals surface area contributed by atoms with E-state index < -0.39 is 37.3 Å². The Morgan fingerprint density at radius 3 is 2.47 bits per heavy atom. The Kier molecular flexibility index (Phi) is 11.0. The van der Waals surface area contributed by atoms with Crippen LogP contribution < -0.4 is 15.8 Å². The van der Waals surface area contributed by atoms with Crippen LogP contribution in [0.5, 0.6) is 5.75 Å². The molecule has 0 aliphatic rings. The van der Waals surface area contributed by atoms with Crippen LogP contribution in [0.4, 0.5) is 0 Å². The number of carbonyl (C=O) groups excluding carboxylic acids is 1. The molecule has 1 aromatic carbocycles. The maximum Gasteiger partial charge on any atom is 0.351 e. The number of ether oxygens (including phenoxy) is 1. The predicted molar refractivity (Wildman–Crippen MR) is 113 cm³/mol. The smallest absolute Gasteiger partial charge is 0.351 e. The van der Waals surface area contributed by atoms with E-state index in [2.05, 4.69) is 5.32 Å². The van der Waals surface area contributed by atoms with Gasteiger partial charge in [0.1, 0.15) is 11.5 Å². The Balaban J connectivity index is 2.79. The summed E-state index contributed by atoms with van der Waals surface area (Å²) in [5.74, 6) is -2.78. The van der Waals surface area contributed by atoms with E-state index in [9.17, 15) is 24.2 Å². The highest BCUT2D eigenvalue weighted by atomic mass is 31.2. The van der Waals surface area contributed by atoms with Crippen LogP contribution in [0, 0.1) is 5.92 Å². The average molecular weight is 444 g/mol. The molecule has 1 rings (SSSR count). The summed E-state index contributed by atoms with van der Waals surface area (Å²) in [4.78, 5) is 34.3. The Hall–Kier alpha value is -1.93. The summed E-state index contributed by atoms with van der Waals surface area (Å²) >= 11 is 0. The largest absolute Gasteiger partial charge is 0.496 e. The van der Waals surface area contributed by atoms with Gasteiger partial charge in [0.15, 0.2) is 6.10 Å². The van der Waals surface area contributed by atoms with Crippen molar-refractivity contribution in [2.75, 3.05) is 13.7 Å². The number of carboxylic acids is 1. The standard InChI is InChI=1S/C20H33N2O7P/c1-14(2)19(30(26,27)29-17(20(24)25)10-6-7-13-21)22-18(23)12-11-15-8-4-5-9-16(15)28-3/h4-5,8-9,14,17,19H,6-7,10-13,21H2,1-3H3,(H,22,23)(H,24,25)(H,26,27)/t17-,19?/m1/s1. The minimum absolute atomic E-state index is 0.0592. The van der Waals surface area contributed by atoms with Gasteiger partial charge in [-0.1, -0.05) is 32.0 Å². The summed E-state index contributed by atoms with van der Waals surface area (Å²) in [5, 5.41) is 11.9. The molecule has 0 fully saturated rings. The monoisotopic (exact) mass is 444 g/mol. The third-order valence-electron chi connectivity index (χ3n) is 4.58. The van der Waals surface area contributed by atoms with Crippen LogP contribution in [0.3, 0.4) is 0 Å². The number of nitrogens with one attached hydrogen (secondary N) is 1. The fraction of sp³-hybridized carbons (Fsp3) is 0.600. The van der Waals surface area contributed by atoms with Crippen molar-refractivity contribution < 1.29 is 33.4 Å². The van der Waals surface area contributed by atoms with Crippen LogP contribution in [-0.4, -0.2) is 47.4 Å². The van der Waals surface area contributed by atoms with Gasteiger partial charge in [-0.25, -0.2) is 4.79 Å². The van der Waals surface area contributed by atoms with Gasteiger partial charge < -0.3 is 25.8 Å². The number of carbonyl (C=O) groups is 2. The van der Waals surface area contributed by atoms with Crippen molar-refractivity contribution in [3.8, 4) is 5.75 Å². The maximum atomic E-state index is 12.8. The number of benzene rings is 1. The van der Waals surface area contributed by atoms with Crippen molar-refractivity contribution in [2.45, 2.75) is 57.8 Å². The lowest BCUT2D eigenvalue weighted by Crippen LogP contribution is -2.40. The lowest BCUT2D eigenvalue weighted by molar-refractivity contribution is -0.145. The maximum absolute atomic E-state index is 12.8. The highest BCUT2D eigenvalue weighted by Crippen LogP contribution is 2.50. The van der Waals surface area contributed by atoms with Crippen LogP contribution in [0.25, 0.3) is 0 Å². The Morgan fingerprint density at radius 1 is 1.23 bits per heavy atom. The first-order chi connectivity index (χ1) is 14.1. The second-order valence-corrected chi connectivity index (χ2v) is 9.24. The van der Waals surface area contributed by atoms with Gasteiger partial charge in [0.25, 0.3) is 0 Å². The van der Waals surface area contributed by atoms with E-state index >= 15 is 0 Å². The molecule has 0 aliphatic carbocycles. The molecule has 0 heterocycles. The fourth-order valence-electron chi connectivity index (χ4n) is 2.96. The number of amides is 1. The highest BCUT2D eigenvalue weighted by molar-refractivity contribution is 7.53. The first-order valence-corrected chi connectivity index (χ1v) is 11.6. The number of hydrogen-bond donors (Lipinski definition) is 4. The molecule has 0 aliphatic heterocycles. The Bertz CT molecular complexity index is 742. The number of methoxy groups -OCH3 is 1. The molecule has 2 unspecified atom stereocenters. The van der Waals surface area contributed by atoms with Gasteiger partial charge in [0.05, 0.1) is 7.11 Å². The van der Waals surface area contributed by atoms with Gasteiger partial charge in [0.2, 0.25) is 5.91 Å². The van der Waals surface area contributed by atoms with E-state index in [1.807, 2.05) is 18.2 Å². The molecule has 0 aromatic heterocycles. The highest BCUT2D eigenvalue weighted by Gasteiger charge is 2.40. The van der Waals surface area contributed by atoms with Crippen molar-refractivity contribution in [3.63, 3.8) is 0 Å². The molecule has 3 atom stereocenters. The third-order valence-corrected chi connectivity index (χ3v) is 6.56. The lowest BCUT2D eigenvalue weighted by Gasteiger charge is -2.28. The molecule has 0 saturated heterocycles. The summed E-state index contributed by atoms with van der Waals surface area (Å²) in [7, 11) is -2.91. The first-order valence-electron chi connectivity index (χ1n) is 9.97. The first kappa shape index (κ1) is 26.1. The van der Waals surface area contributed by atoms with Crippen molar-refractivity contribution in [3.05, 3.63) is 29.8 Å². The van der Waals surface area contributed by atoms with Gasteiger partial charge >= 0.3 is 13.6 Å². The Labute approximate surface area is 177 Å². The van der Waals surface area contributed by atoms with Crippen molar-refractivity contribution >= 4 is 19.5 Å². The average Bonchev–Trinajstić information content (AvgIpc) is 2.69. The number of unbranched alkanes of at least 4 members (excludes halogenated alkanes) is 1. The molecule has 1 aromatic rings. The summed E-state index contributed by atoms with van der Waals surface area (Å²) in [6.45, 7) is 3.70. The van der Waals surface area contributed by atoms with E-state index in [1.54, 1.807) is 27.0 Å². The summed E-state index contributed by atoms with van der Waals surface area (Å²) in [5.41, 5.74) is 6.24. The van der Waals surface area contributed by atoms with Gasteiger partial charge in [-0.3, -0.25) is 13.9 Å². The van der Waals surface area contributed by atoms with Crippen LogP contribution in [0.15, 0.2) is 24.3 Å². The van der Waals surface area contributed by atoms with E-state index in [0.29, 0.717) is 31.6 Å². The predicted octanol–water partition coefficient (Wildman–Crippen LogP) is 2.51. The SMILES string of the molecule is COc1ccccc1CCC(=O)NC(C(C)C)P(=O)(O)O[C@H](CCCCN)C(=O)O. The molecule has 0 radical (unpaired) electrons. The van der Waals surface area contributed by atoms with Crippen LogP contribution >= 0.6 is 7.60 Å². The van der Waals surface area contributed by atoms with Crippen LogP contribution in [0.2, 0.25) is 0 Å². The zero-order chi connectivity index (χ0) is 22.7. The second-order valence-electron chi connectivity index (χ2n) is 7.35. The van der Waals surface area contributed by atoms with Crippen LogP contribution in [-0.2, 0) is 25.1 Å². The minimum atomic E-state index is -4.45. The van der Waals surface area contributed by atoms with Crippen molar-refractivity contribution in [1.82, 2.24) is 5.32 Å². The molecule has 5 N–H and O–H groups in total. The van der Waals surface area contributed by atoms with Crippen molar-refractivity contribution in [1.29, 1.82) is 0 Å².